The fraction of sp³-hybridized carbons (Fsp3) is 0.867. The maximum Gasteiger partial charge on any atom is 0.472 e. The van der Waals surface area contributed by atoms with Crippen LogP contribution in [0.4, 0.5) is 0 Å². The third-order valence-corrected chi connectivity index (χ3v) is 11.8. The number of hydrogen-bond donors (Lipinski definition) is 6. The first kappa shape index (κ1) is 55.3. The summed E-state index contributed by atoms with van der Waals surface area (Å²) in [6.07, 6.45) is 25.2. The van der Waals surface area contributed by atoms with Crippen LogP contribution in [0, 0.1) is 0 Å². The van der Waals surface area contributed by atoms with Crippen LogP contribution in [0.25, 0.3) is 0 Å². The van der Waals surface area contributed by atoms with Crippen molar-refractivity contribution in [3.05, 3.63) is 24.3 Å². The maximum atomic E-state index is 12.8. The van der Waals surface area contributed by atoms with Crippen molar-refractivity contribution < 1.29 is 63.1 Å². The molecule has 0 amide bonds. The highest BCUT2D eigenvalue weighted by Crippen LogP contribution is 2.47. The van der Waals surface area contributed by atoms with Crippen LogP contribution in [-0.2, 0) is 32.7 Å². The van der Waals surface area contributed by atoms with E-state index in [0.29, 0.717) is 12.8 Å². The van der Waals surface area contributed by atoms with Gasteiger partial charge in [0, 0.05) is 12.8 Å². The molecule has 59 heavy (non-hydrogen) atoms. The Kier molecular flexibility index (Phi) is 33.7. The molecule has 0 spiro atoms. The minimum absolute atomic E-state index is 0.0766. The summed E-state index contributed by atoms with van der Waals surface area (Å²) in [7, 11) is -5.12. The number of aliphatic hydroxyl groups is 5. The summed E-state index contributed by atoms with van der Waals surface area (Å²) >= 11 is 0. The third kappa shape index (κ3) is 28.5. The van der Waals surface area contributed by atoms with Crippen LogP contribution < -0.4 is 0 Å². The third-order valence-electron chi connectivity index (χ3n) is 10.8. The summed E-state index contributed by atoms with van der Waals surface area (Å²) in [5.41, 5.74) is 0. The van der Waals surface area contributed by atoms with E-state index in [-0.39, 0.29) is 12.8 Å². The van der Waals surface area contributed by atoms with Crippen molar-refractivity contribution in [3.63, 3.8) is 0 Å². The zero-order valence-corrected chi connectivity index (χ0v) is 37.4. The van der Waals surface area contributed by atoms with Crippen LogP contribution in [-0.4, -0.2) is 98.3 Å². The molecule has 0 bridgehead atoms. The predicted octanol–water partition coefficient (Wildman–Crippen LogP) is 8.84. The van der Waals surface area contributed by atoms with Gasteiger partial charge in [-0.05, 0) is 64.2 Å². The van der Waals surface area contributed by atoms with Crippen LogP contribution in [0.15, 0.2) is 24.3 Å². The van der Waals surface area contributed by atoms with E-state index >= 15 is 0 Å². The molecule has 0 saturated heterocycles. The van der Waals surface area contributed by atoms with Gasteiger partial charge in [0.15, 0.2) is 6.10 Å². The molecule has 6 N–H and O–H groups in total. The molecule has 1 saturated carbocycles. The largest absolute Gasteiger partial charge is 0.472 e. The predicted molar refractivity (Wildman–Crippen MR) is 230 cm³/mol. The average molecular weight is 863 g/mol. The van der Waals surface area contributed by atoms with Gasteiger partial charge in [-0.15, -0.1) is 0 Å². The quantitative estimate of drug-likeness (QED) is 0.0149. The van der Waals surface area contributed by atoms with Gasteiger partial charge in [-0.2, -0.15) is 0 Å². The summed E-state index contributed by atoms with van der Waals surface area (Å²) in [6.45, 7) is 3.27. The standard InChI is InChI=1S/C45H83O13P/c1-3-5-7-9-11-13-15-17-19-21-23-25-27-29-31-33-38(46)55-35-37(36-56-59(53,54)58-45-43(51)41(49)40(48)42(50)44(45)52)57-39(47)34-32-30-28-26-24-22-20-18-16-14-12-10-8-6-4-2/h17,19,22,24,37,40-45,48-52H,3-16,18,20-21,23,25-36H2,1-2H3,(H,53,54)/b19-17+,24-22+/t37-,40?,41-,42?,43?,44?,45?/m1/s1. The second-order valence-corrected chi connectivity index (χ2v) is 17.7. The van der Waals surface area contributed by atoms with Crippen LogP contribution in [0.2, 0.25) is 0 Å². The molecular formula is C45H83O13P. The number of phosphoric ester groups is 1. The fourth-order valence-corrected chi connectivity index (χ4v) is 7.95. The minimum atomic E-state index is -5.12. The molecule has 1 aliphatic carbocycles. The number of rotatable bonds is 38. The topological polar surface area (TPSA) is 210 Å². The number of esters is 2. The molecule has 0 radical (unpaired) electrons. The Hall–Kier alpha value is -1.67. The number of carbonyl (C=O) groups is 2. The first-order valence-electron chi connectivity index (χ1n) is 23.1. The number of ether oxygens (including phenoxy) is 2. The number of aliphatic hydroxyl groups excluding tert-OH is 5. The molecule has 1 fully saturated rings. The molecule has 1 rings (SSSR count). The van der Waals surface area contributed by atoms with E-state index in [4.69, 9.17) is 18.5 Å². The summed E-state index contributed by atoms with van der Waals surface area (Å²) in [5.74, 6) is -1.12. The number of unbranched alkanes of at least 4 members (excludes halogenated alkanes) is 22. The van der Waals surface area contributed by atoms with Crippen LogP contribution in [0.3, 0.4) is 0 Å². The molecule has 346 valence electrons. The molecule has 1 aliphatic rings. The van der Waals surface area contributed by atoms with E-state index < -0.39 is 75.7 Å². The Morgan fingerprint density at radius 3 is 1.31 bits per heavy atom. The zero-order valence-electron chi connectivity index (χ0n) is 36.6. The maximum absolute atomic E-state index is 12.8. The first-order chi connectivity index (χ1) is 28.4. The van der Waals surface area contributed by atoms with E-state index in [9.17, 15) is 44.6 Å². The van der Waals surface area contributed by atoms with Gasteiger partial charge in [-0.25, -0.2) is 4.57 Å². The van der Waals surface area contributed by atoms with Crippen molar-refractivity contribution in [3.8, 4) is 0 Å². The highest BCUT2D eigenvalue weighted by atomic mass is 31.2. The smallest absolute Gasteiger partial charge is 0.462 e. The van der Waals surface area contributed by atoms with Crippen LogP contribution in [0.1, 0.15) is 194 Å². The normalized spacial score (nSPS) is 22.5. The highest BCUT2D eigenvalue weighted by molar-refractivity contribution is 7.47. The number of hydrogen-bond acceptors (Lipinski definition) is 12. The highest BCUT2D eigenvalue weighted by Gasteiger charge is 2.51. The van der Waals surface area contributed by atoms with Gasteiger partial charge in [-0.1, -0.05) is 141 Å². The van der Waals surface area contributed by atoms with Crippen molar-refractivity contribution >= 4 is 19.8 Å². The molecule has 0 heterocycles. The van der Waals surface area contributed by atoms with E-state index in [1.807, 2.05) is 0 Å². The lowest BCUT2D eigenvalue weighted by atomic mass is 9.85. The van der Waals surface area contributed by atoms with Gasteiger partial charge in [0.2, 0.25) is 0 Å². The summed E-state index contributed by atoms with van der Waals surface area (Å²) in [4.78, 5) is 35.7. The van der Waals surface area contributed by atoms with Crippen LogP contribution in [0.5, 0.6) is 0 Å². The van der Waals surface area contributed by atoms with E-state index in [0.717, 1.165) is 64.2 Å². The summed E-state index contributed by atoms with van der Waals surface area (Å²) in [5, 5.41) is 50.1. The SMILES string of the molecule is CCCCCCCC/C=C/CCCCCCCC(=O)OC[C@H](COP(=O)(O)OC1C(O)C(O)C(O)[C@@H](O)C1O)OC(=O)CCCCC/C=C/CCCCCCCCCC. The molecular weight excluding hydrogens is 779 g/mol. The Morgan fingerprint density at radius 2 is 0.864 bits per heavy atom. The van der Waals surface area contributed by atoms with Gasteiger partial charge in [-0.3, -0.25) is 18.6 Å². The zero-order chi connectivity index (χ0) is 43.6. The summed E-state index contributed by atoms with van der Waals surface area (Å²) in [6, 6.07) is 0. The van der Waals surface area contributed by atoms with E-state index in [1.54, 1.807) is 0 Å². The lowest BCUT2D eigenvalue weighted by molar-refractivity contribution is -0.220. The van der Waals surface area contributed by atoms with Crippen molar-refractivity contribution in [2.75, 3.05) is 13.2 Å². The molecule has 0 aromatic heterocycles. The molecule has 0 aromatic carbocycles. The Morgan fingerprint density at radius 1 is 0.508 bits per heavy atom. The Balaban J connectivity index is 2.48. The molecule has 8 atom stereocenters. The second-order valence-electron chi connectivity index (χ2n) is 16.3. The molecule has 14 heteroatoms. The number of phosphoric acid groups is 1. The average Bonchev–Trinajstić information content (AvgIpc) is 3.21. The number of carbonyl (C=O) groups excluding carboxylic acids is 2. The van der Waals surface area contributed by atoms with Gasteiger partial charge in [0.25, 0.3) is 0 Å². The summed E-state index contributed by atoms with van der Waals surface area (Å²) < 4.78 is 33.5. The molecule has 6 unspecified atom stereocenters. The number of allylic oxidation sites excluding steroid dienone is 4. The van der Waals surface area contributed by atoms with E-state index in [2.05, 4.69) is 38.2 Å². The molecule has 13 nitrogen and oxygen atoms in total. The first-order valence-corrected chi connectivity index (χ1v) is 24.6. The van der Waals surface area contributed by atoms with Gasteiger partial charge in [0.1, 0.15) is 43.2 Å². The minimum Gasteiger partial charge on any atom is -0.462 e. The Bertz CT molecular complexity index is 1130. The van der Waals surface area contributed by atoms with Crippen molar-refractivity contribution in [2.45, 2.75) is 236 Å². The van der Waals surface area contributed by atoms with Gasteiger partial charge >= 0.3 is 19.8 Å². The van der Waals surface area contributed by atoms with E-state index in [1.165, 1.54) is 89.9 Å². The lowest BCUT2D eigenvalue weighted by Crippen LogP contribution is -2.64. The van der Waals surface area contributed by atoms with Crippen molar-refractivity contribution in [1.29, 1.82) is 0 Å². The Labute approximate surface area is 356 Å². The van der Waals surface area contributed by atoms with Crippen LogP contribution >= 0.6 is 7.82 Å². The van der Waals surface area contributed by atoms with Crippen molar-refractivity contribution in [1.82, 2.24) is 0 Å². The molecule has 0 aliphatic heterocycles. The fourth-order valence-electron chi connectivity index (χ4n) is 6.98. The van der Waals surface area contributed by atoms with Gasteiger partial charge < -0.3 is 39.9 Å². The second kappa shape index (κ2) is 35.9. The molecule has 0 aromatic rings. The van der Waals surface area contributed by atoms with Gasteiger partial charge in [0.05, 0.1) is 6.61 Å². The monoisotopic (exact) mass is 863 g/mol. The lowest BCUT2D eigenvalue weighted by Gasteiger charge is -2.41. The van der Waals surface area contributed by atoms with Crippen molar-refractivity contribution in [2.24, 2.45) is 0 Å².